The maximum absolute atomic E-state index is 12.0. The number of hydrogen-bond acceptors (Lipinski definition) is 3. The number of rotatable bonds is 3. The monoisotopic (exact) mass is 420 g/mol. The van der Waals surface area contributed by atoms with Crippen molar-refractivity contribution < 1.29 is 9.90 Å². The summed E-state index contributed by atoms with van der Waals surface area (Å²) < 4.78 is 1.62. The molecule has 2 rings (SSSR count). The van der Waals surface area contributed by atoms with Crippen LogP contribution in [0.3, 0.4) is 0 Å². The zero-order valence-corrected chi connectivity index (χ0v) is 14.3. The van der Waals surface area contributed by atoms with Gasteiger partial charge >= 0.3 is 0 Å². The number of carbonyl (C=O) groups excluding carboxylic acids is 1. The first-order valence-electron chi connectivity index (χ1n) is 6.09. The Morgan fingerprint density at radius 3 is 2.68 bits per heavy atom. The lowest BCUT2D eigenvalue weighted by Crippen LogP contribution is -2.17. The highest BCUT2D eigenvalue weighted by atomic mass is 79.9. The number of phenols is 1. The van der Waals surface area contributed by atoms with Crippen LogP contribution in [0.1, 0.15) is 21.5 Å². The van der Waals surface area contributed by atoms with Crippen LogP contribution in [0.15, 0.2) is 50.4 Å². The van der Waals surface area contributed by atoms with Crippen molar-refractivity contribution in [3.63, 3.8) is 0 Å². The fourth-order valence-corrected chi connectivity index (χ4v) is 2.24. The van der Waals surface area contributed by atoms with Crippen molar-refractivity contribution >= 4 is 44.0 Å². The Labute approximate surface area is 144 Å². The summed E-state index contributed by atoms with van der Waals surface area (Å²) in [7, 11) is 0. The molecule has 1 amide bonds. The summed E-state index contributed by atoms with van der Waals surface area (Å²) in [5, 5.41) is 13.5. The van der Waals surface area contributed by atoms with Gasteiger partial charge in [0.05, 0.1) is 6.21 Å². The number of nitrogens with zero attached hydrogens (tertiary/aromatic N) is 1. The van der Waals surface area contributed by atoms with Crippen LogP contribution in [-0.2, 0) is 0 Å². The Hall–Kier alpha value is -2.10. The summed E-state index contributed by atoms with van der Waals surface area (Å²) in [6, 6.07) is 9.78. The van der Waals surface area contributed by atoms with E-state index in [0.717, 1.165) is 8.95 Å². The van der Waals surface area contributed by atoms with Crippen molar-refractivity contribution in [3.8, 4) is 18.1 Å². The Kier molecular flexibility index (Phi) is 5.36. The Morgan fingerprint density at radius 2 is 2.00 bits per heavy atom. The van der Waals surface area contributed by atoms with Crippen LogP contribution in [0.2, 0.25) is 0 Å². The van der Waals surface area contributed by atoms with Crippen molar-refractivity contribution in [3.05, 3.63) is 62.0 Å². The van der Waals surface area contributed by atoms with Crippen LogP contribution < -0.4 is 5.43 Å². The average Bonchev–Trinajstić information content (AvgIpc) is 2.51. The van der Waals surface area contributed by atoms with Gasteiger partial charge < -0.3 is 5.11 Å². The van der Waals surface area contributed by atoms with Crippen LogP contribution in [0.25, 0.3) is 0 Å². The van der Waals surface area contributed by atoms with Gasteiger partial charge in [0.15, 0.2) is 0 Å². The zero-order valence-electron chi connectivity index (χ0n) is 11.2. The molecule has 0 saturated carbocycles. The van der Waals surface area contributed by atoms with E-state index in [1.54, 1.807) is 30.3 Å². The minimum Gasteiger partial charge on any atom is -0.507 e. The smallest absolute Gasteiger partial charge is 0.271 e. The van der Waals surface area contributed by atoms with Gasteiger partial charge in [0.25, 0.3) is 5.91 Å². The molecular formula is C16H10Br2N2O2. The molecule has 0 aliphatic rings. The lowest BCUT2D eigenvalue weighted by atomic mass is 10.1. The molecular weight excluding hydrogens is 412 g/mol. The normalized spacial score (nSPS) is 10.4. The summed E-state index contributed by atoms with van der Waals surface area (Å²) in [6.45, 7) is 0. The summed E-state index contributed by atoms with van der Waals surface area (Å²) >= 11 is 6.66. The molecule has 0 aliphatic heterocycles. The molecule has 110 valence electrons. The molecule has 0 heterocycles. The Balaban J connectivity index is 2.10. The number of terminal acetylenes is 1. The van der Waals surface area contributed by atoms with Gasteiger partial charge in [-0.05, 0) is 68.3 Å². The maximum Gasteiger partial charge on any atom is 0.271 e. The van der Waals surface area contributed by atoms with E-state index in [1.807, 2.05) is 0 Å². The first-order valence-corrected chi connectivity index (χ1v) is 7.68. The topological polar surface area (TPSA) is 61.7 Å². The molecule has 4 nitrogen and oxygen atoms in total. The summed E-state index contributed by atoms with van der Waals surface area (Å²) in [5.74, 6) is 2.13. The van der Waals surface area contributed by atoms with E-state index in [9.17, 15) is 9.90 Å². The van der Waals surface area contributed by atoms with Crippen LogP contribution >= 0.6 is 31.9 Å². The number of phenolic OH excluding ortho intramolecular Hbond substituents is 1. The van der Waals surface area contributed by atoms with E-state index in [4.69, 9.17) is 6.42 Å². The third kappa shape index (κ3) is 3.97. The number of benzene rings is 2. The van der Waals surface area contributed by atoms with E-state index < -0.39 is 0 Å². The molecule has 0 fully saturated rings. The Bertz CT molecular complexity index is 795. The molecule has 2 aromatic carbocycles. The molecule has 2 N–H and O–H groups in total. The second kappa shape index (κ2) is 7.25. The standard InChI is InChI=1S/C16H10Br2N2O2/c1-2-10-3-6-15(21)12(7-10)9-19-20-16(22)11-4-5-13(17)14(18)8-11/h1,3-9,21H,(H,20,22)/b19-9+. The van der Waals surface area contributed by atoms with Crippen molar-refractivity contribution in [1.29, 1.82) is 0 Å². The van der Waals surface area contributed by atoms with Gasteiger partial charge in [0, 0.05) is 25.6 Å². The molecule has 0 unspecified atom stereocenters. The molecule has 6 heteroatoms. The fourth-order valence-electron chi connectivity index (χ4n) is 1.61. The largest absolute Gasteiger partial charge is 0.507 e. The summed E-state index contributed by atoms with van der Waals surface area (Å²) in [5.41, 5.74) is 3.88. The highest BCUT2D eigenvalue weighted by Crippen LogP contribution is 2.23. The molecule has 0 aromatic heterocycles. The quantitative estimate of drug-likeness (QED) is 0.451. The van der Waals surface area contributed by atoms with E-state index in [2.05, 4.69) is 48.3 Å². The van der Waals surface area contributed by atoms with Gasteiger partial charge in [0.1, 0.15) is 5.75 Å². The van der Waals surface area contributed by atoms with E-state index in [0.29, 0.717) is 16.7 Å². The zero-order chi connectivity index (χ0) is 16.1. The average molecular weight is 422 g/mol. The number of aromatic hydroxyl groups is 1. The van der Waals surface area contributed by atoms with E-state index in [-0.39, 0.29) is 11.7 Å². The second-order valence-corrected chi connectivity index (χ2v) is 5.95. The second-order valence-electron chi connectivity index (χ2n) is 4.25. The summed E-state index contributed by atoms with van der Waals surface area (Å²) in [4.78, 5) is 12.0. The molecule has 0 aliphatic carbocycles. The van der Waals surface area contributed by atoms with Gasteiger partial charge in [0.2, 0.25) is 0 Å². The number of nitrogens with one attached hydrogen (secondary N) is 1. The van der Waals surface area contributed by atoms with Crippen molar-refractivity contribution in [2.75, 3.05) is 0 Å². The van der Waals surface area contributed by atoms with Gasteiger partial charge in [-0.1, -0.05) is 5.92 Å². The number of halogens is 2. The van der Waals surface area contributed by atoms with Crippen molar-refractivity contribution in [1.82, 2.24) is 5.43 Å². The lowest BCUT2D eigenvalue weighted by Gasteiger charge is -2.03. The molecule has 2 aromatic rings. The Morgan fingerprint density at radius 1 is 1.23 bits per heavy atom. The molecule has 0 bridgehead atoms. The van der Waals surface area contributed by atoms with Crippen LogP contribution in [0.5, 0.6) is 5.75 Å². The molecule has 22 heavy (non-hydrogen) atoms. The lowest BCUT2D eigenvalue weighted by molar-refractivity contribution is 0.0955. The minimum atomic E-state index is -0.364. The van der Waals surface area contributed by atoms with Crippen LogP contribution in [0.4, 0.5) is 0 Å². The number of amides is 1. The predicted octanol–water partition coefficient (Wildman–Crippen LogP) is 3.66. The van der Waals surface area contributed by atoms with Gasteiger partial charge in [-0.3, -0.25) is 4.79 Å². The van der Waals surface area contributed by atoms with Crippen molar-refractivity contribution in [2.24, 2.45) is 5.10 Å². The highest BCUT2D eigenvalue weighted by Gasteiger charge is 2.06. The first kappa shape index (κ1) is 16.3. The van der Waals surface area contributed by atoms with Gasteiger partial charge in [-0.15, -0.1) is 6.42 Å². The predicted molar refractivity (Wildman–Crippen MR) is 92.9 cm³/mol. The molecule has 0 spiro atoms. The van der Waals surface area contributed by atoms with E-state index in [1.165, 1.54) is 12.3 Å². The SMILES string of the molecule is C#Cc1ccc(O)c(/C=N/NC(=O)c2ccc(Br)c(Br)c2)c1. The first-order chi connectivity index (χ1) is 10.5. The van der Waals surface area contributed by atoms with Gasteiger partial charge in [-0.25, -0.2) is 5.43 Å². The highest BCUT2D eigenvalue weighted by molar-refractivity contribution is 9.13. The van der Waals surface area contributed by atoms with E-state index >= 15 is 0 Å². The maximum atomic E-state index is 12.0. The molecule has 0 atom stereocenters. The summed E-state index contributed by atoms with van der Waals surface area (Å²) in [6.07, 6.45) is 6.63. The van der Waals surface area contributed by atoms with Crippen LogP contribution in [-0.4, -0.2) is 17.2 Å². The van der Waals surface area contributed by atoms with Crippen LogP contribution in [0, 0.1) is 12.3 Å². The number of hydrazone groups is 1. The number of carbonyl (C=O) groups is 1. The third-order valence-corrected chi connectivity index (χ3v) is 4.63. The van der Waals surface area contributed by atoms with Gasteiger partial charge in [-0.2, -0.15) is 5.10 Å². The molecule has 0 radical (unpaired) electrons. The fraction of sp³-hybridized carbons (Fsp3) is 0. The molecule has 0 saturated heterocycles. The number of hydrogen-bond donors (Lipinski definition) is 2. The third-order valence-electron chi connectivity index (χ3n) is 2.75. The minimum absolute atomic E-state index is 0.0309. The van der Waals surface area contributed by atoms with Crippen molar-refractivity contribution in [2.45, 2.75) is 0 Å².